The molecule has 17 heavy (non-hydrogen) atoms. The number of hydrogen-bond donors (Lipinski definition) is 1. The minimum atomic E-state index is -0.761. The Morgan fingerprint density at radius 3 is 2.18 bits per heavy atom. The number of nitrogens with two attached hydrogens (primary N) is 1. The van der Waals surface area contributed by atoms with Crippen LogP contribution in [0.25, 0.3) is 0 Å². The summed E-state index contributed by atoms with van der Waals surface area (Å²) in [4.78, 5) is 11.6. The van der Waals surface area contributed by atoms with Crippen LogP contribution >= 0.6 is 0 Å². The van der Waals surface area contributed by atoms with Crippen LogP contribution in [0.15, 0.2) is 24.3 Å². The summed E-state index contributed by atoms with van der Waals surface area (Å²) < 4.78 is 9.83. The number of methoxy groups -OCH3 is 2. The van der Waals surface area contributed by atoms with Crippen LogP contribution in [0.2, 0.25) is 0 Å². The standard InChI is InChI=1S/C13H19NO3/c1-13(2,12(15)17-4)11(14)9-5-7-10(16-3)8-6-9/h5-8,11H,14H2,1-4H3/t11-/m0/s1. The Morgan fingerprint density at radius 2 is 1.76 bits per heavy atom. The molecular weight excluding hydrogens is 218 g/mol. The molecule has 0 fully saturated rings. The molecule has 0 bridgehead atoms. The molecule has 0 radical (unpaired) electrons. The van der Waals surface area contributed by atoms with Gasteiger partial charge < -0.3 is 15.2 Å². The molecule has 0 spiro atoms. The van der Waals surface area contributed by atoms with Crippen molar-refractivity contribution in [2.75, 3.05) is 14.2 Å². The molecule has 1 aromatic carbocycles. The van der Waals surface area contributed by atoms with Crippen LogP contribution in [0.5, 0.6) is 5.75 Å². The van der Waals surface area contributed by atoms with E-state index >= 15 is 0 Å². The minimum absolute atomic E-state index is 0.319. The normalized spacial score (nSPS) is 13.0. The number of esters is 1. The Hall–Kier alpha value is -1.55. The van der Waals surface area contributed by atoms with E-state index in [1.807, 2.05) is 24.3 Å². The van der Waals surface area contributed by atoms with Crippen LogP contribution in [0, 0.1) is 5.41 Å². The lowest BCUT2D eigenvalue weighted by molar-refractivity contribution is -0.152. The van der Waals surface area contributed by atoms with Crippen molar-refractivity contribution >= 4 is 5.97 Å². The van der Waals surface area contributed by atoms with Crippen LogP contribution in [0.4, 0.5) is 0 Å². The summed E-state index contributed by atoms with van der Waals surface area (Å²) in [7, 11) is 2.97. The second-order valence-electron chi connectivity index (χ2n) is 4.46. The number of benzene rings is 1. The van der Waals surface area contributed by atoms with Gasteiger partial charge in [0.05, 0.1) is 19.6 Å². The Balaban J connectivity index is 2.95. The lowest BCUT2D eigenvalue weighted by atomic mass is 9.81. The van der Waals surface area contributed by atoms with Crippen molar-refractivity contribution < 1.29 is 14.3 Å². The molecule has 1 rings (SSSR count). The average molecular weight is 237 g/mol. The van der Waals surface area contributed by atoms with Gasteiger partial charge in [-0.15, -0.1) is 0 Å². The first-order valence-electron chi connectivity index (χ1n) is 5.41. The maximum Gasteiger partial charge on any atom is 0.313 e. The molecule has 4 nitrogen and oxygen atoms in total. The van der Waals surface area contributed by atoms with Gasteiger partial charge in [0.15, 0.2) is 0 Å². The Kier molecular flexibility index (Phi) is 4.12. The highest BCUT2D eigenvalue weighted by atomic mass is 16.5. The van der Waals surface area contributed by atoms with Gasteiger partial charge in [-0.2, -0.15) is 0 Å². The van der Waals surface area contributed by atoms with Gasteiger partial charge in [-0.25, -0.2) is 0 Å². The summed E-state index contributed by atoms with van der Waals surface area (Å²) >= 11 is 0. The van der Waals surface area contributed by atoms with E-state index in [9.17, 15) is 4.79 Å². The molecule has 0 unspecified atom stereocenters. The SMILES string of the molecule is COC(=O)C(C)(C)[C@@H](N)c1ccc(OC)cc1. The Bertz CT molecular complexity index is 384. The fraction of sp³-hybridized carbons (Fsp3) is 0.462. The zero-order valence-corrected chi connectivity index (χ0v) is 10.7. The summed E-state index contributed by atoms with van der Waals surface area (Å²) in [5, 5.41) is 0. The first kappa shape index (κ1) is 13.5. The number of ether oxygens (including phenoxy) is 2. The second-order valence-corrected chi connectivity index (χ2v) is 4.46. The zero-order chi connectivity index (χ0) is 13.1. The monoisotopic (exact) mass is 237 g/mol. The molecule has 0 saturated carbocycles. The van der Waals surface area contributed by atoms with Gasteiger partial charge in [-0.3, -0.25) is 4.79 Å². The maximum atomic E-state index is 11.6. The lowest BCUT2D eigenvalue weighted by Gasteiger charge is -2.28. The molecule has 94 valence electrons. The van der Waals surface area contributed by atoms with E-state index in [2.05, 4.69) is 0 Å². The number of rotatable bonds is 4. The quantitative estimate of drug-likeness (QED) is 0.812. The van der Waals surface area contributed by atoms with Crippen LogP contribution in [-0.2, 0) is 9.53 Å². The van der Waals surface area contributed by atoms with Gasteiger partial charge in [0, 0.05) is 6.04 Å². The van der Waals surface area contributed by atoms with Crippen LogP contribution < -0.4 is 10.5 Å². The van der Waals surface area contributed by atoms with E-state index in [1.54, 1.807) is 21.0 Å². The third kappa shape index (κ3) is 2.77. The van der Waals surface area contributed by atoms with Crippen molar-refractivity contribution in [1.29, 1.82) is 0 Å². The van der Waals surface area contributed by atoms with Crippen molar-refractivity contribution in [3.63, 3.8) is 0 Å². The molecule has 1 aromatic rings. The van der Waals surface area contributed by atoms with Gasteiger partial charge in [-0.05, 0) is 31.5 Å². The van der Waals surface area contributed by atoms with Gasteiger partial charge >= 0.3 is 5.97 Å². The summed E-state index contributed by atoms with van der Waals surface area (Å²) in [6, 6.07) is 6.94. The lowest BCUT2D eigenvalue weighted by Crippen LogP contribution is -2.37. The van der Waals surface area contributed by atoms with Gasteiger partial charge in [0.1, 0.15) is 5.75 Å². The molecule has 0 aliphatic carbocycles. The van der Waals surface area contributed by atoms with E-state index < -0.39 is 11.5 Å². The topological polar surface area (TPSA) is 61.5 Å². The van der Waals surface area contributed by atoms with Crippen molar-refractivity contribution in [2.24, 2.45) is 11.1 Å². The van der Waals surface area contributed by atoms with Gasteiger partial charge in [0.2, 0.25) is 0 Å². The second kappa shape index (κ2) is 5.19. The fourth-order valence-electron chi connectivity index (χ4n) is 1.62. The largest absolute Gasteiger partial charge is 0.497 e. The number of hydrogen-bond acceptors (Lipinski definition) is 4. The highest BCUT2D eigenvalue weighted by Gasteiger charge is 2.36. The third-order valence-corrected chi connectivity index (χ3v) is 2.96. The van der Waals surface area contributed by atoms with E-state index in [4.69, 9.17) is 15.2 Å². The maximum absolute atomic E-state index is 11.6. The predicted molar refractivity (Wildman–Crippen MR) is 65.7 cm³/mol. The molecule has 0 aliphatic heterocycles. The molecular formula is C13H19NO3. The number of carbonyl (C=O) groups is 1. The molecule has 0 aromatic heterocycles. The molecule has 0 amide bonds. The fourth-order valence-corrected chi connectivity index (χ4v) is 1.62. The zero-order valence-electron chi connectivity index (χ0n) is 10.7. The van der Waals surface area contributed by atoms with Crippen LogP contribution in [0.3, 0.4) is 0 Å². The summed E-state index contributed by atoms with van der Waals surface area (Å²) in [5.41, 5.74) is 6.21. The highest BCUT2D eigenvalue weighted by molar-refractivity contribution is 5.77. The first-order chi connectivity index (χ1) is 7.93. The third-order valence-electron chi connectivity index (χ3n) is 2.96. The predicted octanol–water partition coefficient (Wildman–Crippen LogP) is 1.89. The number of carbonyl (C=O) groups excluding carboxylic acids is 1. The minimum Gasteiger partial charge on any atom is -0.497 e. The van der Waals surface area contributed by atoms with Crippen LogP contribution in [-0.4, -0.2) is 20.2 Å². The van der Waals surface area contributed by atoms with Gasteiger partial charge in [-0.1, -0.05) is 12.1 Å². The van der Waals surface area contributed by atoms with Crippen LogP contribution in [0.1, 0.15) is 25.5 Å². The van der Waals surface area contributed by atoms with E-state index in [0.29, 0.717) is 0 Å². The summed E-state index contributed by atoms with van der Waals surface area (Å²) in [6.45, 7) is 3.54. The van der Waals surface area contributed by atoms with E-state index in [0.717, 1.165) is 11.3 Å². The van der Waals surface area contributed by atoms with Crippen molar-refractivity contribution in [1.82, 2.24) is 0 Å². The van der Waals surface area contributed by atoms with E-state index in [1.165, 1.54) is 7.11 Å². The Morgan fingerprint density at radius 1 is 1.24 bits per heavy atom. The molecule has 4 heteroatoms. The Labute approximate surface area is 102 Å². The highest BCUT2D eigenvalue weighted by Crippen LogP contribution is 2.33. The summed E-state index contributed by atoms with van der Waals surface area (Å²) in [5.74, 6) is 0.442. The van der Waals surface area contributed by atoms with E-state index in [-0.39, 0.29) is 5.97 Å². The molecule has 1 atom stereocenters. The van der Waals surface area contributed by atoms with Crippen molar-refractivity contribution in [3.8, 4) is 5.75 Å². The van der Waals surface area contributed by atoms with Crippen molar-refractivity contribution in [2.45, 2.75) is 19.9 Å². The summed E-state index contributed by atoms with van der Waals surface area (Å²) in [6.07, 6.45) is 0. The molecule has 2 N–H and O–H groups in total. The van der Waals surface area contributed by atoms with Crippen molar-refractivity contribution in [3.05, 3.63) is 29.8 Å². The molecule has 0 saturated heterocycles. The average Bonchev–Trinajstić information content (AvgIpc) is 2.36. The smallest absolute Gasteiger partial charge is 0.313 e. The first-order valence-corrected chi connectivity index (χ1v) is 5.41. The molecule has 0 aliphatic rings. The molecule has 0 heterocycles. The van der Waals surface area contributed by atoms with Gasteiger partial charge in [0.25, 0.3) is 0 Å².